The number of aliphatic hydroxyl groups is 1. The summed E-state index contributed by atoms with van der Waals surface area (Å²) in [5, 5.41) is 10.5. The van der Waals surface area contributed by atoms with Crippen LogP contribution >= 0.6 is 0 Å². The second-order valence-corrected chi connectivity index (χ2v) is 5.62. The number of methoxy groups -OCH3 is 1. The first-order valence-corrected chi connectivity index (χ1v) is 5.82. The summed E-state index contributed by atoms with van der Waals surface area (Å²) < 4.78 is 4.70. The van der Waals surface area contributed by atoms with Gasteiger partial charge < -0.3 is 9.84 Å². The second-order valence-electron chi connectivity index (χ2n) is 5.62. The van der Waals surface area contributed by atoms with E-state index in [1.807, 2.05) is 20.8 Å². The molecule has 1 aliphatic heterocycles. The lowest BCUT2D eigenvalue weighted by molar-refractivity contribution is -0.213. The Hall–Kier alpha value is -1.14. The third kappa shape index (κ3) is 2.10. The minimum atomic E-state index is -1.43. The highest BCUT2D eigenvalue weighted by Gasteiger charge is 2.59. The number of esters is 1. The van der Waals surface area contributed by atoms with E-state index >= 15 is 0 Å². The highest BCUT2D eigenvalue weighted by atomic mass is 16.7. The molecule has 0 aromatic rings. The molecule has 0 aliphatic carbocycles. The van der Waals surface area contributed by atoms with Crippen LogP contribution in [0.25, 0.3) is 0 Å². The van der Waals surface area contributed by atoms with Gasteiger partial charge in [0, 0.05) is 5.92 Å². The number of carbonyl (C=O) groups is 2. The maximum absolute atomic E-state index is 12.3. The van der Waals surface area contributed by atoms with E-state index in [1.165, 1.54) is 14.2 Å². The third-order valence-corrected chi connectivity index (χ3v) is 3.48. The molecule has 1 aliphatic rings. The minimum Gasteiger partial charge on any atom is -0.467 e. The van der Waals surface area contributed by atoms with E-state index < -0.39 is 24.0 Å². The smallest absolute Gasteiger partial charge is 0.336 e. The number of ether oxygens (including phenoxy) is 1. The Morgan fingerprint density at radius 1 is 1.50 bits per heavy atom. The first-order valence-electron chi connectivity index (χ1n) is 5.82. The van der Waals surface area contributed by atoms with Crippen molar-refractivity contribution in [1.82, 2.24) is 5.06 Å². The van der Waals surface area contributed by atoms with Crippen molar-refractivity contribution in [3.8, 4) is 0 Å². The third-order valence-electron chi connectivity index (χ3n) is 3.48. The molecule has 1 heterocycles. The summed E-state index contributed by atoms with van der Waals surface area (Å²) in [5.74, 6) is -1.36. The van der Waals surface area contributed by atoms with Gasteiger partial charge >= 0.3 is 5.97 Å². The summed E-state index contributed by atoms with van der Waals surface area (Å²) in [7, 11) is 2.53. The first-order chi connectivity index (χ1) is 8.24. The lowest BCUT2D eigenvalue weighted by Crippen LogP contribution is -2.54. The van der Waals surface area contributed by atoms with Crippen LogP contribution in [-0.4, -0.2) is 48.4 Å². The molecule has 0 unspecified atom stereocenters. The number of carbonyl (C=O) groups excluding carboxylic acids is 2. The molecule has 2 atom stereocenters. The monoisotopic (exact) mass is 259 g/mol. The second kappa shape index (κ2) is 4.85. The van der Waals surface area contributed by atoms with Crippen molar-refractivity contribution in [1.29, 1.82) is 0 Å². The Morgan fingerprint density at radius 2 is 2.06 bits per heavy atom. The maximum Gasteiger partial charge on any atom is 0.336 e. The summed E-state index contributed by atoms with van der Waals surface area (Å²) in [4.78, 5) is 29.2. The molecule has 0 radical (unpaired) electrons. The summed E-state index contributed by atoms with van der Waals surface area (Å²) in [6.45, 7) is 5.21. The normalized spacial score (nSPS) is 28.7. The zero-order valence-corrected chi connectivity index (χ0v) is 11.5. The molecule has 6 heteroatoms. The van der Waals surface area contributed by atoms with Crippen molar-refractivity contribution in [2.45, 2.75) is 32.7 Å². The van der Waals surface area contributed by atoms with E-state index in [1.54, 1.807) is 0 Å². The average molecular weight is 259 g/mol. The summed E-state index contributed by atoms with van der Waals surface area (Å²) in [5.41, 5.74) is -1.75. The Bertz CT molecular complexity index is 349. The molecular weight excluding hydrogens is 238 g/mol. The molecule has 0 spiro atoms. The number of rotatable bonds is 3. The van der Waals surface area contributed by atoms with Gasteiger partial charge in [-0.15, -0.1) is 0 Å². The van der Waals surface area contributed by atoms with E-state index in [2.05, 4.69) is 0 Å². The molecule has 1 N–H and O–H groups in total. The van der Waals surface area contributed by atoms with E-state index in [0.717, 1.165) is 5.06 Å². The summed E-state index contributed by atoms with van der Waals surface area (Å²) in [6, 6.07) is 0. The van der Waals surface area contributed by atoms with Gasteiger partial charge in [-0.2, -0.15) is 0 Å². The number of nitrogens with zero attached hydrogens (tertiary/aromatic N) is 1. The van der Waals surface area contributed by atoms with Gasteiger partial charge in [0.25, 0.3) is 5.91 Å². The van der Waals surface area contributed by atoms with Crippen LogP contribution in [0.5, 0.6) is 0 Å². The molecule has 0 aromatic heterocycles. The van der Waals surface area contributed by atoms with Crippen molar-refractivity contribution in [2.24, 2.45) is 11.3 Å². The van der Waals surface area contributed by atoms with Crippen LogP contribution in [0.4, 0.5) is 0 Å². The number of hydroxylamine groups is 2. The van der Waals surface area contributed by atoms with Crippen LogP contribution in [0, 0.1) is 11.3 Å². The highest BCUT2D eigenvalue weighted by Crippen LogP contribution is 2.43. The molecule has 1 amide bonds. The van der Waals surface area contributed by atoms with E-state index in [4.69, 9.17) is 9.57 Å². The van der Waals surface area contributed by atoms with Crippen LogP contribution in [0.15, 0.2) is 0 Å². The standard InChI is InChI=1S/C12H21NO5/c1-11(2,3)8-6-12(7-14,10(16)17-4)13(18-5)9(8)15/h8,14H,6-7H2,1-5H3/t8-,12-/m0/s1. The van der Waals surface area contributed by atoms with Crippen LogP contribution in [-0.2, 0) is 19.2 Å². The van der Waals surface area contributed by atoms with Gasteiger partial charge in [-0.3, -0.25) is 9.63 Å². The molecule has 104 valence electrons. The summed E-state index contributed by atoms with van der Waals surface area (Å²) in [6.07, 6.45) is 0.187. The van der Waals surface area contributed by atoms with Gasteiger partial charge in [-0.05, 0) is 11.8 Å². The minimum absolute atomic E-state index is 0.187. The van der Waals surface area contributed by atoms with Gasteiger partial charge in [-0.1, -0.05) is 20.8 Å². The highest BCUT2D eigenvalue weighted by molar-refractivity contribution is 5.92. The number of amides is 1. The predicted octanol–water partition coefficient (Wildman–Crippen LogP) is 0.346. The molecule has 1 rings (SSSR count). The van der Waals surface area contributed by atoms with Gasteiger partial charge in [0.1, 0.15) is 0 Å². The topological polar surface area (TPSA) is 76.1 Å². The van der Waals surface area contributed by atoms with Gasteiger partial charge in [0.05, 0.1) is 20.8 Å². The Balaban J connectivity index is 3.21. The Kier molecular flexibility index (Phi) is 4.02. The molecule has 1 fully saturated rings. The fourth-order valence-corrected chi connectivity index (χ4v) is 2.35. The van der Waals surface area contributed by atoms with Gasteiger partial charge in [0.15, 0.2) is 5.54 Å². The lowest BCUT2D eigenvalue weighted by atomic mass is 9.77. The zero-order chi connectivity index (χ0) is 14.1. The Labute approximate surface area is 107 Å². The maximum atomic E-state index is 12.3. The van der Waals surface area contributed by atoms with Crippen molar-refractivity contribution in [3.63, 3.8) is 0 Å². The van der Waals surface area contributed by atoms with Crippen LogP contribution in [0.1, 0.15) is 27.2 Å². The fraction of sp³-hybridized carbons (Fsp3) is 0.833. The molecule has 0 saturated carbocycles. The number of hydrogen-bond donors (Lipinski definition) is 1. The molecule has 18 heavy (non-hydrogen) atoms. The fourth-order valence-electron chi connectivity index (χ4n) is 2.35. The van der Waals surface area contributed by atoms with Crippen molar-refractivity contribution in [2.75, 3.05) is 20.8 Å². The molecule has 0 bridgehead atoms. The van der Waals surface area contributed by atoms with Crippen molar-refractivity contribution >= 4 is 11.9 Å². The van der Waals surface area contributed by atoms with Crippen LogP contribution < -0.4 is 0 Å². The van der Waals surface area contributed by atoms with E-state index in [9.17, 15) is 14.7 Å². The van der Waals surface area contributed by atoms with Crippen molar-refractivity contribution in [3.05, 3.63) is 0 Å². The molecule has 0 aromatic carbocycles. The SMILES string of the molecule is COC(=O)[C@@]1(CO)C[C@H](C(C)(C)C)C(=O)N1OC. The van der Waals surface area contributed by atoms with Crippen LogP contribution in [0.2, 0.25) is 0 Å². The summed E-state index contributed by atoms with van der Waals surface area (Å²) >= 11 is 0. The van der Waals surface area contributed by atoms with Gasteiger partial charge in [-0.25, -0.2) is 9.86 Å². The largest absolute Gasteiger partial charge is 0.467 e. The lowest BCUT2D eigenvalue weighted by Gasteiger charge is -2.31. The van der Waals surface area contributed by atoms with E-state index in [0.29, 0.717) is 0 Å². The quantitative estimate of drug-likeness (QED) is 0.740. The average Bonchev–Trinajstić information content (AvgIpc) is 2.61. The molecule has 6 nitrogen and oxygen atoms in total. The molecular formula is C12H21NO5. The van der Waals surface area contributed by atoms with Crippen molar-refractivity contribution < 1.29 is 24.3 Å². The molecule has 1 saturated heterocycles. The van der Waals surface area contributed by atoms with E-state index in [-0.39, 0.29) is 17.7 Å². The predicted molar refractivity (Wildman–Crippen MR) is 63.2 cm³/mol. The first kappa shape index (κ1) is 14.9. The Morgan fingerprint density at radius 3 is 2.39 bits per heavy atom. The van der Waals surface area contributed by atoms with Crippen LogP contribution in [0.3, 0.4) is 0 Å². The van der Waals surface area contributed by atoms with Gasteiger partial charge in [0.2, 0.25) is 0 Å². The number of aliphatic hydroxyl groups excluding tert-OH is 1. The number of hydrogen-bond acceptors (Lipinski definition) is 5. The zero-order valence-electron chi connectivity index (χ0n) is 11.5.